The molecule has 0 aromatic heterocycles. The molecule has 80 valence electrons. The summed E-state index contributed by atoms with van der Waals surface area (Å²) < 4.78 is 0. The Balaban J connectivity index is 2.92. The standard InChI is InChI=1S/C13H18N2/c1-3-5-12-8-7-11(2)6-4-9-15-10-13(12)14/h4,6-9H,2-3,5,10,14H2,1H3/b6-4-,8-7?,13-12+,15-9?. The molecular weight excluding hydrogens is 184 g/mol. The molecule has 1 heterocycles. The summed E-state index contributed by atoms with van der Waals surface area (Å²) in [6.45, 7) is 6.63. The lowest BCUT2D eigenvalue weighted by Crippen LogP contribution is -2.05. The third kappa shape index (κ3) is 3.98. The summed E-state index contributed by atoms with van der Waals surface area (Å²) in [7, 11) is 0. The maximum atomic E-state index is 5.96. The summed E-state index contributed by atoms with van der Waals surface area (Å²) in [5.41, 5.74) is 8.95. The van der Waals surface area contributed by atoms with Crippen molar-refractivity contribution in [2.75, 3.05) is 6.54 Å². The zero-order valence-electron chi connectivity index (χ0n) is 9.24. The molecule has 1 aliphatic rings. The van der Waals surface area contributed by atoms with Gasteiger partial charge in [-0.05, 0) is 23.6 Å². The fraction of sp³-hybridized carbons (Fsp3) is 0.308. The van der Waals surface area contributed by atoms with Gasteiger partial charge in [0.05, 0.1) is 6.54 Å². The quantitative estimate of drug-likeness (QED) is 0.734. The van der Waals surface area contributed by atoms with Crippen molar-refractivity contribution in [2.45, 2.75) is 19.8 Å². The minimum atomic E-state index is 0.580. The molecule has 0 atom stereocenters. The highest BCUT2D eigenvalue weighted by molar-refractivity contribution is 5.72. The highest BCUT2D eigenvalue weighted by atomic mass is 14.8. The maximum Gasteiger partial charge on any atom is 0.0786 e. The van der Waals surface area contributed by atoms with E-state index in [1.165, 1.54) is 5.57 Å². The van der Waals surface area contributed by atoms with Gasteiger partial charge in [0.25, 0.3) is 0 Å². The summed E-state index contributed by atoms with van der Waals surface area (Å²) in [4.78, 5) is 4.21. The van der Waals surface area contributed by atoms with Crippen LogP contribution >= 0.6 is 0 Å². The predicted molar refractivity (Wildman–Crippen MR) is 66.9 cm³/mol. The molecule has 0 aliphatic carbocycles. The van der Waals surface area contributed by atoms with Crippen molar-refractivity contribution in [1.82, 2.24) is 0 Å². The molecule has 0 spiro atoms. The van der Waals surface area contributed by atoms with Gasteiger partial charge in [-0.1, -0.05) is 38.2 Å². The number of hydrogen-bond acceptors (Lipinski definition) is 2. The van der Waals surface area contributed by atoms with Gasteiger partial charge >= 0.3 is 0 Å². The van der Waals surface area contributed by atoms with Crippen LogP contribution in [0.2, 0.25) is 0 Å². The second-order valence-corrected chi connectivity index (χ2v) is 3.56. The summed E-state index contributed by atoms with van der Waals surface area (Å²) in [5, 5.41) is 0. The van der Waals surface area contributed by atoms with Gasteiger partial charge in [-0.2, -0.15) is 0 Å². The number of nitrogens with two attached hydrogens (primary N) is 1. The van der Waals surface area contributed by atoms with Crippen molar-refractivity contribution in [1.29, 1.82) is 0 Å². The van der Waals surface area contributed by atoms with E-state index in [9.17, 15) is 0 Å². The average molecular weight is 202 g/mol. The van der Waals surface area contributed by atoms with Gasteiger partial charge in [-0.25, -0.2) is 0 Å². The summed E-state index contributed by atoms with van der Waals surface area (Å²) in [6, 6.07) is 0. The molecule has 0 radical (unpaired) electrons. The van der Waals surface area contributed by atoms with Crippen LogP contribution in [0.1, 0.15) is 19.8 Å². The minimum absolute atomic E-state index is 0.580. The number of rotatable bonds is 2. The van der Waals surface area contributed by atoms with E-state index in [1.807, 2.05) is 24.3 Å². The van der Waals surface area contributed by atoms with E-state index in [2.05, 4.69) is 18.5 Å². The van der Waals surface area contributed by atoms with Crippen molar-refractivity contribution in [2.24, 2.45) is 10.7 Å². The number of hydrogen-bond donors (Lipinski definition) is 1. The molecule has 0 saturated carbocycles. The fourth-order valence-corrected chi connectivity index (χ4v) is 1.36. The smallest absolute Gasteiger partial charge is 0.0786 e. The Bertz CT molecular complexity index is 344. The van der Waals surface area contributed by atoms with Crippen LogP contribution in [0.25, 0.3) is 0 Å². The Hall–Kier alpha value is -1.57. The lowest BCUT2D eigenvalue weighted by molar-refractivity contribution is 0.898. The number of aliphatic imine (C=N–C) groups is 1. The Morgan fingerprint density at radius 2 is 2.20 bits per heavy atom. The molecule has 0 unspecified atom stereocenters. The predicted octanol–water partition coefficient (Wildman–Crippen LogP) is 2.75. The van der Waals surface area contributed by atoms with Crippen LogP contribution in [-0.2, 0) is 0 Å². The van der Waals surface area contributed by atoms with E-state index in [0.717, 1.165) is 24.1 Å². The SMILES string of the molecule is C=C1C=C/C(CCC)=C(/N)CN=C/C=C\1. The van der Waals surface area contributed by atoms with E-state index in [4.69, 9.17) is 5.73 Å². The highest BCUT2D eigenvalue weighted by Gasteiger charge is 1.99. The second-order valence-electron chi connectivity index (χ2n) is 3.56. The summed E-state index contributed by atoms with van der Waals surface area (Å²) >= 11 is 0. The molecule has 2 N–H and O–H groups in total. The Labute approximate surface area is 91.6 Å². The molecule has 1 rings (SSSR count). The monoisotopic (exact) mass is 202 g/mol. The number of nitrogens with zero attached hydrogens (tertiary/aromatic N) is 1. The van der Waals surface area contributed by atoms with Crippen LogP contribution in [0.15, 0.2) is 52.7 Å². The third-order valence-corrected chi connectivity index (χ3v) is 2.19. The molecule has 0 bridgehead atoms. The Morgan fingerprint density at radius 1 is 1.40 bits per heavy atom. The molecule has 2 nitrogen and oxygen atoms in total. The van der Waals surface area contributed by atoms with Crippen LogP contribution in [0, 0.1) is 0 Å². The van der Waals surface area contributed by atoms with Crippen molar-refractivity contribution >= 4 is 6.21 Å². The van der Waals surface area contributed by atoms with Gasteiger partial charge in [-0.15, -0.1) is 0 Å². The van der Waals surface area contributed by atoms with E-state index >= 15 is 0 Å². The molecule has 0 saturated heterocycles. The first-order valence-electron chi connectivity index (χ1n) is 5.25. The van der Waals surface area contributed by atoms with Gasteiger partial charge < -0.3 is 5.73 Å². The Kier molecular flexibility index (Phi) is 4.61. The van der Waals surface area contributed by atoms with Crippen LogP contribution in [0.4, 0.5) is 0 Å². The summed E-state index contributed by atoms with van der Waals surface area (Å²) in [5.74, 6) is 0. The lowest BCUT2D eigenvalue weighted by atomic mass is 10.1. The third-order valence-electron chi connectivity index (χ3n) is 2.19. The topological polar surface area (TPSA) is 38.4 Å². The van der Waals surface area contributed by atoms with Crippen molar-refractivity contribution < 1.29 is 0 Å². The molecule has 0 amide bonds. The largest absolute Gasteiger partial charge is 0.400 e. The van der Waals surface area contributed by atoms with Gasteiger partial charge in [0.2, 0.25) is 0 Å². The second kappa shape index (κ2) is 6.02. The number of allylic oxidation sites excluding steroid dienone is 6. The molecule has 2 heteroatoms. The highest BCUT2D eigenvalue weighted by Crippen LogP contribution is 2.12. The fourth-order valence-electron chi connectivity index (χ4n) is 1.36. The van der Waals surface area contributed by atoms with Crippen LogP contribution in [0.3, 0.4) is 0 Å². The first-order valence-corrected chi connectivity index (χ1v) is 5.25. The van der Waals surface area contributed by atoms with Crippen LogP contribution in [0.5, 0.6) is 0 Å². The van der Waals surface area contributed by atoms with Crippen molar-refractivity contribution in [3.63, 3.8) is 0 Å². The van der Waals surface area contributed by atoms with Gasteiger partial charge in [0.1, 0.15) is 0 Å². The molecule has 0 fully saturated rings. The van der Waals surface area contributed by atoms with E-state index in [0.29, 0.717) is 6.54 Å². The maximum absolute atomic E-state index is 5.96. The van der Waals surface area contributed by atoms with E-state index in [-0.39, 0.29) is 0 Å². The first kappa shape index (κ1) is 11.5. The Morgan fingerprint density at radius 3 is 2.93 bits per heavy atom. The molecule has 1 aliphatic heterocycles. The molecule has 0 aromatic carbocycles. The molecular formula is C13H18N2. The van der Waals surface area contributed by atoms with Crippen molar-refractivity contribution in [3.05, 3.63) is 47.7 Å². The summed E-state index contributed by atoms with van der Waals surface area (Å²) in [6.07, 6.45) is 11.7. The van der Waals surface area contributed by atoms with Gasteiger partial charge in [0.15, 0.2) is 0 Å². The van der Waals surface area contributed by atoms with Gasteiger partial charge in [0, 0.05) is 11.9 Å². The molecule has 15 heavy (non-hydrogen) atoms. The lowest BCUT2D eigenvalue weighted by Gasteiger charge is -2.06. The van der Waals surface area contributed by atoms with Crippen LogP contribution < -0.4 is 5.73 Å². The van der Waals surface area contributed by atoms with Crippen LogP contribution in [-0.4, -0.2) is 12.8 Å². The zero-order valence-corrected chi connectivity index (χ0v) is 9.24. The normalized spacial score (nSPS) is 24.2. The van der Waals surface area contributed by atoms with E-state index in [1.54, 1.807) is 6.21 Å². The van der Waals surface area contributed by atoms with Crippen molar-refractivity contribution in [3.8, 4) is 0 Å². The minimum Gasteiger partial charge on any atom is -0.400 e. The van der Waals surface area contributed by atoms with Gasteiger partial charge in [-0.3, -0.25) is 4.99 Å². The zero-order chi connectivity index (χ0) is 11.1. The first-order chi connectivity index (χ1) is 7.24. The van der Waals surface area contributed by atoms with E-state index < -0.39 is 0 Å². The molecule has 0 aromatic rings. The average Bonchev–Trinajstić information content (AvgIpc) is 2.22.